The Balaban J connectivity index is 2.31. The van der Waals surface area contributed by atoms with Crippen molar-refractivity contribution in [2.45, 2.75) is 33.2 Å². The average molecular weight is 303 g/mol. The highest BCUT2D eigenvalue weighted by molar-refractivity contribution is 6.01. The Hall–Kier alpha value is -2.37. The third-order valence-electron chi connectivity index (χ3n) is 3.40. The van der Waals surface area contributed by atoms with Crippen molar-refractivity contribution in [3.05, 3.63) is 48.3 Å². The number of carbonyl (C=O) groups excluding carboxylic acids is 2. The van der Waals surface area contributed by atoms with Crippen LogP contribution >= 0.6 is 0 Å². The summed E-state index contributed by atoms with van der Waals surface area (Å²) >= 11 is 0. The van der Waals surface area contributed by atoms with Crippen LogP contribution in [0, 0.1) is 11.2 Å². The van der Waals surface area contributed by atoms with E-state index >= 15 is 0 Å². The van der Waals surface area contributed by atoms with Gasteiger partial charge in [0.2, 0.25) is 0 Å². The summed E-state index contributed by atoms with van der Waals surface area (Å²) in [5, 5.41) is 3.97. The van der Waals surface area contributed by atoms with Crippen molar-refractivity contribution in [3.63, 3.8) is 0 Å². The van der Waals surface area contributed by atoms with E-state index in [2.05, 4.69) is 10.1 Å². The molecule has 0 spiro atoms. The number of Topliss-reactive ketones (excluding diaryl/α,β-unsaturated/α-hetero) is 2. The summed E-state index contributed by atoms with van der Waals surface area (Å²) in [5.74, 6) is -0.758. The van der Waals surface area contributed by atoms with Gasteiger partial charge in [-0.05, 0) is 24.3 Å². The highest BCUT2D eigenvalue weighted by Crippen LogP contribution is 2.24. The zero-order valence-corrected chi connectivity index (χ0v) is 12.8. The van der Waals surface area contributed by atoms with Gasteiger partial charge in [-0.25, -0.2) is 14.1 Å². The van der Waals surface area contributed by atoms with Crippen molar-refractivity contribution in [3.8, 4) is 0 Å². The van der Waals surface area contributed by atoms with Gasteiger partial charge in [0, 0.05) is 17.4 Å². The van der Waals surface area contributed by atoms with Gasteiger partial charge in [0.05, 0.1) is 0 Å². The van der Waals surface area contributed by atoms with Gasteiger partial charge in [0.15, 0.2) is 5.78 Å². The smallest absolute Gasteiger partial charge is 0.187 e. The van der Waals surface area contributed by atoms with Crippen molar-refractivity contribution in [2.75, 3.05) is 0 Å². The molecule has 6 heteroatoms. The second-order valence-electron chi connectivity index (χ2n) is 6.14. The number of halogens is 1. The van der Waals surface area contributed by atoms with E-state index in [9.17, 15) is 14.0 Å². The summed E-state index contributed by atoms with van der Waals surface area (Å²) in [6.07, 6.45) is 2.73. The molecular formula is C16H18FN3O2. The maximum Gasteiger partial charge on any atom is 0.187 e. The summed E-state index contributed by atoms with van der Waals surface area (Å²) in [7, 11) is 0. The predicted molar refractivity (Wildman–Crippen MR) is 78.9 cm³/mol. The molecule has 0 N–H and O–H groups in total. The third-order valence-corrected chi connectivity index (χ3v) is 3.40. The van der Waals surface area contributed by atoms with Gasteiger partial charge in [0.25, 0.3) is 0 Å². The SMILES string of the molecule is CC(C)(C)C(=O)CC(C(=O)c1ccc(F)cc1)n1cncn1. The van der Waals surface area contributed by atoms with E-state index in [0.717, 1.165) is 0 Å². The van der Waals surface area contributed by atoms with Crippen LogP contribution in [-0.2, 0) is 4.79 Å². The first-order valence-corrected chi connectivity index (χ1v) is 6.96. The molecule has 1 unspecified atom stereocenters. The topological polar surface area (TPSA) is 64.8 Å². The van der Waals surface area contributed by atoms with Crippen LogP contribution in [0.5, 0.6) is 0 Å². The van der Waals surface area contributed by atoms with Gasteiger partial charge in [0.1, 0.15) is 30.3 Å². The first-order valence-electron chi connectivity index (χ1n) is 6.96. The maximum atomic E-state index is 13.0. The number of rotatable bonds is 5. The van der Waals surface area contributed by atoms with Gasteiger partial charge in [-0.3, -0.25) is 9.59 Å². The van der Waals surface area contributed by atoms with Crippen LogP contribution in [0.3, 0.4) is 0 Å². The summed E-state index contributed by atoms with van der Waals surface area (Å²) in [4.78, 5) is 28.8. The fraction of sp³-hybridized carbons (Fsp3) is 0.375. The molecule has 0 aliphatic rings. The van der Waals surface area contributed by atoms with Gasteiger partial charge in [-0.15, -0.1) is 0 Å². The number of aromatic nitrogens is 3. The first kappa shape index (κ1) is 16.0. The Morgan fingerprint density at radius 1 is 1.23 bits per heavy atom. The average Bonchev–Trinajstić information content (AvgIpc) is 2.97. The molecule has 0 saturated heterocycles. The van der Waals surface area contributed by atoms with E-state index in [-0.39, 0.29) is 18.0 Å². The number of hydrogen-bond donors (Lipinski definition) is 0. The van der Waals surface area contributed by atoms with E-state index in [1.54, 1.807) is 20.8 Å². The molecule has 0 aliphatic heterocycles. The summed E-state index contributed by atoms with van der Waals surface area (Å²) in [6, 6.07) is 4.47. The lowest BCUT2D eigenvalue weighted by molar-refractivity contribution is -0.126. The lowest BCUT2D eigenvalue weighted by atomic mass is 9.85. The van der Waals surface area contributed by atoms with Crippen LogP contribution < -0.4 is 0 Å². The minimum atomic E-state index is -0.778. The van der Waals surface area contributed by atoms with Crippen molar-refractivity contribution >= 4 is 11.6 Å². The van der Waals surface area contributed by atoms with Crippen LogP contribution in [0.2, 0.25) is 0 Å². The molecule has 2 rings (SSSR count). The molecule has 0 radical (unpaired) electrons. The Labute approximate surface area is 128 Å². The number of hydrogen-bond acceptors (Lipinski definition) is 4. The van der Waals surface area contributed by atoms with Crippen molar-refractivity contribution < 1.29 is 14.0 Å². The second-order valence-corrected chi connectivity index (χ2v) is 6.14. The van der Waals surface area contributed by atoms with E-state index < -0.39 is 17.3 Å². The molecule has 0 amide bonds. The van der Waals surface area contributed by atoms with E-state index in [4.69, 9.17) is 0 Å². The van der Waals surface area contributed by atoms with Gasteiger partial charge >= 0.3 is 0 Å². The third kappa shape index (κ3) is 3.63. The van der Waals surface area contributed by atoms with Crippen LogP contribution in [0.25, 0.3) is 0 Å². The lowest BCUT2D eigenvalue weighted by Crippen LogP contribution is -2.29. The molecule has 1 atom stereocenters. The minimum absolute atomic E-state index is 0.0169. The molecule has 116 valence electrons. The molecule has 0 fully saturated rings. The highest BCUT2D eigenvalue weighted by atomic mass is 19.1. The molecule has 22 heavy (non-hydrogen) atoms. The first-order chi connectivity index (χ1) is 10.3. The lowest BCUT2D eigenvalue weighted by Gasteiger charge is -2.21. The molecule has 1 aromatic carbocycles. The quantitative estimate of drug-likeness (QED) is 0.797. The Morgan fingerprint density at radius 3 is 2.36 bits per heavy atom. The molecule has 2 aromatic rings. The molecule has 5 nitrogen and oxygen atoms in total. The van der Waals surface area contributed by atoms with Crippen molar-refractivity contribution in [1.82, 2.24) is 14.8 Å². The zero-order chi connectivity index (χ0) is 16.3. The monoisotopic (exact) mass is 303 g/mol. The molecule has 0 saturated carbocycles. The summed E-state index contributed by atoms with van der Waals surface area (Å²) in [6.45, 7) is 5.41. The predicted octanol–water partition coefficient (Wildman–Crippen LogP) is 2.85. The van der Waals surface area contributed by atoms with Crippen LogP contribution in [-0.4, -0.2) is 26.3 Å². The van der Waals surface area contributed by atoms with E-state index in [1.807, 2.05) is 0 Å². The highest BCUT2D eigenvalue weighted by Gasteiger charge is 2.30. The maximum absolute atomic E-state index is 13.0. The van der Waals surface area contributed by atoms with Crippen LogP contribution in [0.15, 0.2) is 36.9 Å². The van der Waals surface area contributed by atoms with Crippen LogP contribution in [0.4, 0.5) is 4.39 Å². The second kappa shape index (κ2) is 6.17. The molecule has 0 bridgehead atoms. The van der Waals surface area contributed by atoms with Crippen molar-refractivity contribution in [1.29, 1.82) is 0 Å². The molecular weight excluding hydrogens is 285 g/mol. The van der Waals surface area contributed by atoms with Crippen LogP contribution in [0.1, 0.15) is 43.6 Å². The standard InChI is InChI=1S/C16H18FN3O2/c1-16(2,3)14(21)8-13(20-10-18-9-19-20)15(22)11-4-6-12(17)7-5-11/h4-7,9-10,13H,8H2,1-3H3. The molecule has 1 heterocycles. The van der Waals surface area contributed by atoms with Gasteiger partial charge in [-0.1, -0.05) is 20.8 Å². The fourth-order valence-corrected chi connectivity index (χ4v) is 1.97. The number of ketones is 2. The summed E-state index contributed by atoms with van der Waals surface area (Å²) in [5.41, 5.74) is -0.217. The normalized spacial score (nSPS) is 12.9. The molecule has 1 aromatic heterocycles. The van der Waals surface area contributed by atoms with E-state index in [1.165, 1.54) is 41.6 Å². The number of nitrogens with zero attached hydrogens (tertiary/aromatic N) is 3. The zero-order valence-electron chi connectivity index (χ0n) is 12.8. The Bertz CT molecular complexity index is 658. The van der Waals surface area contributed by atoms with Gasteiger partial charge < -0.3 is 0 Å². The molecule has 0 aliphatic carbocycles. The largest absolute Gasteiger partial charge is 0.299 e. The fourth-order valence-electron chi connectivity index (χ4n) is 1.97. The summed E-state index contributed by atoms with van der Waals surface area (Å²) < 4.78 is 14.4. The van der Waals surface area contributed by atoms with E-state index in [0.29, 0.717) is 5.56 Å². The van der Waals surface area contributed by atoms with Crippen molar-refractivity contribution in [2.24, 2.45) is 5.41 Å². The number of benzene rings is 1. The number of carbonyl (C=O) groups is 2. The van der Waals surface area contributed by atoms with Gasteiger partial charge in [-0.2, -0.15) is 5.10 Å². The Morgan fingerprint density at radius 2 is 1.86 bits per heavy atom. The minimum Gasteiger partial charge on any atom is -0.299 e. The Kier molecular flexibility index (Phi) is 4.49.